The number of nitrogens with one attached hydrogen (secondary N) is 1. The van der Waals surface area contributed by atoms with E-state index in [-0.39, 0.29) is 12.1 Å². The molecule has 1 aromatic heterocycles. The third-order valence-corrected chi connectivity index (χ3v) is 3.98. The quantitative estimate of drug-likeness (QED) is 0.796. The van der Waals surface area contributed by atoms with Gasteiger partial charge >= 0.3 is 0 Å². The van der Waals surface area contributed by atoms with Gasteiger partial charge in [-0.15, -0.1) is 0 Å². The molecule has 1 aromatic rings. The van der Waals surface area contributed by atoms with Crippen molar-refractivity contribution in [1.82, 2.24) is 20.0 Å². The van der Waals surface area contributed by atoms with Crippen molar-refractivity contribution in [2.24, 2.45) is 0 Å². The summed E-state index contributed by atoms with van der Waals surface area (Å²) >= 11 is 0. The van der Waals surface area contributed by atoms with E-state index in [1.54, 1.807) is 0 Å². The summed E-state index contributed by atoms with van der Waals surface area (Å²) in [4.78, 5) is 2.34. The van der Waals surface area contributed by atoms with Gasteiger partial charge in [0.1, 0.15) is 0 Å². The molecule has 0 spiro atoms. The maximum atomic E-state index is 10.1. The largest absolute Gasteiger partial charge is 0.390 e. The van der Waals surface area contributed by atoms with Gasteiger partial charge in [0, 0.05) is 36.9 Å². The molecule has 5 heteroatoms. The molecule has 1 aliphatic rings. The molecule has 1 saturated heterocycles. The first-order valence-electron chi connectivity index (χ1n) is 7.74. The highest BCUT2D eigenvalue weighted by molar-refractivity contribution is 5.09. The molecule has 20 heavy (non-hydrogen) atoms. The van der Waals surface area contributed by atoms with Crippen molar-refractivity contribution in [3.63, 3.8) is 0 Å². The summed E-state index contributed by atoms with van der Waals surface area (Å²) in [5, 5.41) is 17.8. The van der Waals surface area contributed by atoms with Gasteiger partial charge in [0.25, 0.3) is 0 Å². The van der Waals surface area contributed by atoms with Crippen molar-refractivity contribution >= 4 is 0 Å². The summed E-state index contributed by atoms with van der Waals surface area (Å²) in [6, 6.07) is 0.604. The van der Waals surface area contributed by atoms with Crippen molar-refractivity contribution < 1.29 is 5.11 Å². The van der Waals surface area contributed by atoms with Crippen molar-refractivity contribution in [2.75, 3.05) is 26.2 Å². The number of aliphatic hydroxyl groups excluding tert-OH is 1. The van der Waals surface area contributed by atoms with Gasteiger partial charge in [-0.3, -0.25) is 4.68 Å². The van der Waals surface area contributed by atoms with Gasteiger partial charge in [-0.05, 0) is 46.7 Å². The first-order valence-corrected chi connectivity index (χ1v) is 7.74. The molecule has 0 aliphatic carbocycles. The highest BCUT2D eigenvalue weighted by atomic mass is 16.3. The van der Waals surface area contributed by atoms with Crippen LogP contribution in [0, 0.1) is 0 Å². The SMILES string of the molecule is CC(NCC(O)CN1CCCC1)c1cnn(C(C)C)c1. The second-order valence-electron chi connectivity index (χ2n) is 6.14. The molecule has 2 atom stereocenters. The van der Waals surface area contributed by atoms with Crippen molar-refractivity contribution in [2.45, 2.75) is 51.8 Å². The summed E-state index contributed by atoms with van der Waals surface area (Å²) in [5.41, 5.74) is 1.17. The first-order chi connectivity index (χ1) is 9.56. The molecule has 0 bridgehead atoms. The standard InChI is InChI=1S/C15H28N4O/c1-12(2)19-10-14(8-17-19)13(3)16-9-15(20)11-18-6-4-5-7-18/h8,10,12-13,15-16,20H,4-7,9,11H2,1-3H3. The zero-order valence-corrected chi connectivity index (χ0v) is 12.9. The van der Waals surface area contributed by atoms with Gasteiger partial charge in [0.2, 0.25) is 0 Å². The van der Waals surface area contributed by atoms with E-state index in [2.05, 4.69) is 42.3 Å². The Bertz CT molecular complexity index is 398. The maximum absolute atomic E-state index is 10.1. The van der Waals surface area contributed by atoms with E-state index in [1.165, 1.54) is 18.4 Å². The topological polar surface area (TPSA) is 53.3 Å². The lowest BCUT2D eigenvalue weighted by Gasteiger charge is -2.21. The monoisotopic (exact) mass is 280 g/mol. The number of likely N-dealkylation sites (tertiary alicyclic amines) is 1. The predicted molar refractivity (Wildman–Crippen MR) is 80.7 cm³/mol. The van der Waals surface area contributed by atoms with Gasteiger partial charge in [-0.1, -0.05) is 0 Å². The zero-order valence-electron chi connectivity index (χ0n) is 12.9. The fraction of sp³-hybridized carbons (Fsp3) is 0.800. The van der Waals surface area contributed by atoms with Crippen molar-refractivity contribution in [1.29, 1.82) is 0 Å². The van der Waals surface area contributed by atoms with Crippen LogP contribution < -0.4 is 5.32 Å². The second kappa shape index (κ2) is 7.20. The van der Waals surface area contributed by atoms with Crippen LogP contribution in [0.25, 0.3) is 0 Å². The predicted octanol–water partition coefficient (Wildman–Crippen LogP) is 1.57. The molecular formula is C15H28N4O. The van der Waals surface area contributed by atoms with E-state index in [1.807, 2.05) is 10.9 Å². The Morgan fingerprint density at radius 2 is 2.00 bits per heavy atom. The third kappa shape index (κ3) is 4.30. The van der Waals surface area contributed by atoms with Gasteiger partial charge < -0.3 is 15.3 Å². The van der Waals surface area contributed by atoms with Crippen LogP contribution in [-0.4, -0.2) is 52.1 Å². The van der Waals surface area contributed by atoms with E-state index in [4.69, 9.17) is 0 Å². The summed E-state index contributed by atoms with van der Waals surface area (Å²) in [7, 11) is 0. The molecule has 0 saturated carbocycles. The lowest BCUT2D eigenvalue weighted by Crippen LogP contribution is -2.37. The van der Waals surface area contributed by atoms with Gasteiger partial charge in [-0.2, -0.15) is 5.10 Å². The Morgan fingerprint density at radius 3 is 2.60 bits per heavy atom. The fourth-order valence-corrected chi connectivity index (χ4v) is 2.62. The Balaban J connectivity index is 1.74. The fourth-order valence-electron chi connectivity index (χ4n) is 2.62. The van der Waals surface area contributed by atoms with Crippen LogP contribution in [0.2, 0.25) is 0 Å². The van der Waals surface area contributed by atoms with Crippen LogP contribution in [0.1, 0.15) is 51.3 Å². The molecule has 2 rings (SSSR count). The summed E-state index contributed by atoms with van der Waals surface area (Å²) < 4.78 is 1.97. The van der Waals surface area contributed by atoms with Crippen LogP contribution in [0.5, 0.6) is 0 Å². The number of hydrogen-bond donors (Lipinski definition) is 2. The summed E-state index contributed by atoms with van der Waals surface area (Å²) in [6.07, 6.45) is 6.23. The van der Waals surface area contributed by atoms with Crippen LogP contribution >= 0.6 is 0 Å². The molecule has 0 aromatic carbocycles. The highest BCUT2D eigenvalue weighted by Gasteiger charge is 2.16. The Hall–Kier alpha value is -0.910. The molecule has 1 fully saturated rings. The van der Waals surface area contributed by atoms with Crippen LogP contribution in [0.3, 0.4) is 0 Å². The average Bonchev–Trinajstić information content (AvgIpc) is 3.06. The van der Waals surface area contributed by atoms with Crippen LogP contribution in [0.4, 0.5) is 0 Å². The molecule has 2 unspecified atom stereocenters. The zero-order chi connectivity index (χ0) is 14.5. The second-order valence-corrected chi connectivity index (χ2v) is 6.14. The lowest BCUT2D eigenvalue weighted by molar-refractivity contribution is 0.121. The number of rotatable bonds is 7. The summed E-state index contributed by atoms with van der Waals surface area (Å²) in [6.45, 7) is 10.0. The normalized spacial score (nSPS) is 19.6. The van der Waals surface area contributed by atoms with Crippen LogP contribution in [0.15, 0.2) is 12.4 Å². The first kappa shape index (κ1) is 15.5. The van der Waals surface area contributed by atoms with Crippen molar-refractivity contribution in [3.8, 4) is 0 Å². The van der Waals surface area contributed by atoms with E-state index >= 15 is 0 Å². The molecule has 2 heterocycles. The lowest BCUT2D eigenvalue weighted by atomic mass is 10.2. The number of hydrogen-bond acceptors (Lipinski definition) is 4. The minimum Gasteiger partial charge on any atom is -0.390 e. The Kier molecular flexibility index (Phi) is 5.57. The maximum Gasteiger partial charge on any atom is 0.0791 e. The molecule has 0 amide bonds. The molecular weight excluding hydrogens is 252 g/mol. The number of β-amino-alcohol motifs (C(OH)–C–C–N with tert-alkyl or cyclic N) is 1. The number of nitrogens with zero attached hydrogens (tertiary/aromatic N) is 3. The Labute approximate surface area is 122 Å². The molecule has 1 aliphatic heterocycles. The highest BCUT2D eigenvalue weighted by Crippen LogP contribution is 2.14. The number of aliphatic hydroxyl groups is 1. The van der Waals surface area contributed by atoms with E-state index in [0.717, 1.165) is 19.6 Å². The van der Waals surface area contributed by atoms with Gasteiger partial charge in [-0.25, -0.2) is 0 Å². The average molecular weight is 280 g/mol. The third-order valence-electron chi connectivity index (χ3n) is 3.98. The molecule has 5 nitrogen and oxygen atoms in total. The smallest absolute Gasteiger partial charge is 0.0791 e. The minimum absolute atomic E-state index is 0.218. The van der Waals surface area contributed by atoms with E-state index in [9.17, 15) is 5.11 Å². The summed E-state index contributed by atoms with van der Waals surface area (Å²) in [5.74, 6) is 0. The van der Waals surface area contributed by atoms with Gasteiger partial charge in [0.15, 0.2) is 0 Å². The van der Waals surface area contributed by atoms with E-state index in [0.29, 0.717) is 12.6 Å². The number of aromatic nitrogens is 2. The minimum atomic E-state index is -0.296. The van der Waals surface area contributed by atoms with Crippen LogP contribution in [-0.2, 0) is 0 Å². The molecule has 2 N–H and O–H groups in total. The Morgan fingerprint density at radius 1 is 1.30 bits per heavy atom. The molecule has 114 valence electrons. The van der Waals surface area contributed by atoms with Crippen molar-refractivity contribution in [3.05, 3.63) is 18.0 Å². The molecule has 0 radical (unpaired) electrons. The van der Waals surface area contributed by atoms with E-state index < -0.39 is 0 Å². The van der Waals surface area contributed by atoms with Gasteiger partial charge in [0.05, 0.1) is 12.3 Å².